The maximum absolute atomic E-state index is 12.3. The van der Waals surface area contributed by atoms with Crippen LogP contribution >= 0.6 is 0 Å². The predicted molar refractivity (Wildman–Crippen MR) is 77.4 cm³/mol. The summed E-state index contributed by atoms with van der Waals surface area (Å²) in [4.78, 5) is 4.05. The summed E-state index contributed by atoms with van der Waals surface area (Å²) in [6.07, 6.45) is 1.53. The van der Waals surface area contributed by atoms with Gasteiger partial charge in [0.25, 0.3) is 0 Å². The number of nitrogens with two attached hydrogens (primary N) is 1. The van der Waals surface area contributed by atoms with Crippen molar-refractivity contribution in [3.8, 4) is 5.75 Å². The van der Waals surface area contributed by atoms with Crippen molar-refractivity contribution in [2.24, 2.45) is 0 Å². The molecule has 1 unspecified atom stereocenters. The van der Waals surface area contributed by atoms with Crippen molar-refractivity contribution < 1.29 is 17.6 Å². The summed E-state index contributed by atoms with van der Waals surface area (Å²) in [5.41, 5.74) is 5.98. The summed E-state index contributed by atoms with van der Waals surface area (Å²) in [7, 11) is -2.27. The molecule has 0 saturated heterocycles. The quantitative estimate of drug-likeness (QED) is 0.812. The zero-order valence-corrected chi connectivity index (χ0v) is 12.8. The van der Waals surface area contributed by atoms with Crippen LogP contribution in [-0.4, -0.2) is 20.5 Å². The van der Waals surface area contributed by atoms with Crippen molar-refractivity contribution in [3.63, 3.8) is 0 Å². The topological polar surface area (TPSA) is 107 Å². The van der Waals surface area contributed by atoms with Crippen molar-refractivity contribution in [2.75, 3.05) is 12.8 Å². The first-order valence-corrected chi connectivity index (χ1v) is 7.70. The fraction of sp³-hybridized carbons (Fsp3) is 0.308. The van der Waals surface area contributed by atoms with Gasteiger partial charge in [-0.05, 0) is 32.0 Å². The number of hydrogen-bond donors (Lipinski definition) is 2. The molecule has 1 heterocycles. The highest BCUT2D eigenvalue weighted by Crippen LogP contribution is 2.25. The molecule has 0 bridgehead atoms. The molecule has 0 saturated carbocycles. The van der Waals surface area contributed by atoms with Gasteiger partial charge in [0.1, 0.15) is 11.5 Å². The summed E-state index contributed by atoms with van der Waals surface area (Å²) in [5.74, 6) is 1.34. The Balaban J connectivity index is 2.24. The number of nitrogens with zero attached hydrogens (tertiary/aromatic N) is 1. The van der Waals surface area contributed by atoms with E-state index in [0.29, 0.717) is 17.4 Å². The summed E-state index contributed by atoms with van der Waals surface area (Å²) in [6, 6.07) is 3.68. The molecule has 7 nitrogen and oxygen atoms in total. The van der Waals surface area contributed by atoms with E-state index < -0.39 is 16.1 Å². The van der Waals surface area contributed by atoms with Gasteiger partial charge < -0.3 is 14.9 Å². The Morgan fingerprint density at radius 2 is 2.14 bits per heavy atom. The highest BCUT2D eigenvalue weighted by molar-refractivity contribution is 7.89. The van der Waals surface area contributed by atoms with Crippen LogP contribution in [0, 0.1) is 6.92 Å². The number of rotatable bonds is 5. The van der Waals surface area contributed by atoms with E-state index >= 15 is 0 Å². The Bertz CT molecular complexity index is 740. The molecule has 0 amide bonds. The van der Waals surface area contributed by atoms with Crippen LogP contribution in [0.3, 0.4) is 0 Å². The third-order valence-corrected chi connectivity index (χ3v) is 4.39. The molecule has 0 fully saturated rings. The number of nitrogens with one attached hydrogen (secondary N) is 1. The number of methoxy groups -OCH3 is 1. The fourth-order valence-corrected chi connectivity index (χ4v) is 3.03. The maximum Gasteiger partial charge on any atom is 0.241 e. The number of sulfonamides is 1. The summed E-state index contributed by atoms with van der Waals surface area (Å²) >= 11 is 0. The van der Waals surface area contributed by atoms with Gasteiger partial charge in [0.05, 0.1) is 29.9 Å². The first-order valence-electron chi connectivity index (χ1n) is 6.21. The smallest absolute Gasteiger partial charge is 0.241 e. The highest BCUT2D eigenvalue weighted by atomic mass is 32.2. The third-order valence-electron chi connectivity index (χ3n) is 2.85. The van der Waals surface area contributed by atoms with Gasteiger partial charge in [0, 0.05) is 0 Å². The number of benzene rings is 1. The molecule has 8 heteroatoms. The Hall–Kier alpha value is -2.06. The van der Waals surface area contributed by atoms with E-state index in [1.165, 1.54) is 31.5 Å². The molecule has 0 aliphatic rings. The molecule has 0 radical (unpaired) electrons. The van der Waals surface area contributed by atoms with Gasteiger partial charge in [-0.3, -0.25) is 0 Å². The van der Waals surface area contributed by atoms with Crippen molar-refractivity contribution >= 4 is 15.7 Å². The number of ether oxygens (including phenoxy) is 1. The first kappa shape index (κ1) is 15.3. The number of aryl methyl sites for hydroxylation is 1. The maximum atomic E-state index is 12.3. The van der Waals surface area contributed by atoms with E-state index in [4.69, 9.17) is 14.9 Å². The molecule has 114 valence electrons. The molecule has 2 aromatic rings. The van der Waals surface area contributed by atoms with Crippen molar-refractivity contribution in [1.82, 2.24) is 9.71 Å². The zero-order valence-electron chi connectivity index (χ0n) is 12.0. The fourth-order valence-electron chi connectivity index (χ4n) is 1.80. The predicted octanol–water partition coefficient (Wildman–Crippen LogP) is 1.61. The van der Waals surface area contributed by atoms with Crippen LogP contribution in [-0.2, 0) is 10.0 Å². The minimum absolute atomic E-state index is 0.0518. The average molecular weight is 311 g/mol. The number of hydrogen-bond acceptors (Lipinski definition) is 6. The van der Waals surface area contributed by atoms with Crippen LogP contribution < -0.4 is 15.2 Å². The average Bonchev–Trinajstić information content (AvgIpc) is 2.85. The van der Waals surface area contributed by atoms with Crippen LogP contribution in [0.5, 0.6) is 5.75 Å². The number of nitrogen functional groups attached to an aromatic ring is 1. The molecule has 1 atom stereocenters. The van der Waals surface area contributed by atoms with Crippen LogP contribution in [0.15, 0.2) is 33.7 Å². The monoisotopic (exact) mass is 311 g/mol. The second kappa shape index (κ2) is 5.74. The second-order valence-electron chi connectivity index (χ2n) is 4.56. The highest BCUT2D eigenvalue weighted by Gasteiger charge is 2.22. The molecule has 1 aromatic heterocycles. The van der Waals surface area contributed by atoms with Crippen LogP contribution in [0.25, 0.3) is 0 Å². The van der Waals surface area contributed by atoms with Crippen molar-refractivity contribution in [2.45, 2.75) is 24.8 Å². The Morgan fingerprint density at radius 1 is 1.43 bits per heavy atom. The summed E-state index contributed by atoms with van der Waals surface area (Å²) in [6.45, 7) is 3.39. The van der Waals surface area contributed by atoms with Crippen LogP contribution in [0.4, 0.5) is 5.69 Å². The van der Waals surface area contributed by atoms with Gasteiger partial charge in [-0.2, -0.15) is 4.72 Å². The second-order valence-corrected chi connectivity index (χ2v) is 6.27. The molecular weight excluding hydrogens is 294 g/mol. The molecule has 0 aliphatic heterocycles. The summed E-state index contributed by atoms with van der Waals surface area (Å²) in [5, 5.41) is 0. The molecular formula is C13H17N3O4S. The lowest BCUT2D eigenvalue weighted by Crippen LogP contribution is -2.27. The van der Waals surface area contributed by atoms with E-state index in [1.807, 2.05) is 0 Å². The number of aromatic nitrogens is 1. The van der Waals surface area contributed by atoms with Gasteiger partial charge >= 0.3 is 0 Å². The first-order chi connectivity index (χ1) is 9.83. The third kappa shape index (κ3) is 3.34. The molecule has 2 rings (SSSR count). The van der Waals surface area contributed by atoms with Gasteiger partial charge in [-0.15, -0.1) is 0 Å². The SMILES string of the molecule is COc1ccc(S(=O)(=O)NC(C)c2ncc(C)o2)cc1N. The largest absolute Gasteiger partial charge is 0.495 e. The molecule has 0 aliphatic carbocycles. The van der Waals surface area contributed by atoms with E-state index in [2.05, 4.69) is 9.71 Å². The Morgan fingerprint density at radius 3 is 2.67 bits per heavy atom. The van der Waals surface area contributed by atoms with Gasteiger partial charge in [0.15, 0.2) is 0 Å². The minimum Gasteiger partial charge on any atom is -0.495 e. The Labute approximate surface area is 123 Å². The summed E-state index contributed by atoms with van der Waals surface area (Å²) < 4.78 is 37.4. The lowest BCUT2D eigenvalue weighted by atomic mass is 10.3. The van der Waals surface area contributed by atoms with E-state index in [-0.39, 0.29) is 10.6 Å². The molecule has 3 N–H and O–H groups in total. The van der Waals surface area contributed by atoms with E-state index in [1.54, 1.807) is 13.8 Å². The number of anilines is 1. The normalized spacial score (nSPS) is 13.1. The Kier molecular flexibility index (Phi) is 4.19. The van der Waals surface area contributed by atoms with Crippen molar-refractivity contribution in [1.29, 1.82) is 0 Å². The van der Waals surface area contributed by atoms with Gasteiger partial charge in [-0.1, -0.05) is 0 Å². The number of oxazole rings is 1. The molecule has 21 heavy (non-hydrogen) atoms. The molecule has 1 aromatic carbocycles. The van der Waals surface area contributed by atoms with Crippen LogP contribution in [0.1, 0.15) is 24.6 Å². The lowest BCUT2D eigenvalue weighted by Gasteiger charge is -2.12. The van der Waals surface area contributed by atoms with Crippen LogP contribution in [0.2, 0.25) is 0 Å². The van der Waals surface area contributed by atoms with Gasteiger partial charge in [-0.25, -0.2) is 13.4 Å². The van der Waals surface area contributed by atoms with E-state index in [9.17, 15) is 8.42 Å². The standard InChI is InChI=1S/C13H17N3O4S/c1-8-7-15-13(20-8)9(2)16-21(17,18)10-4-5-12(19-3)11(14)6-10/h4-7,9,16H,14H2,1-3H3. The van der Waals surface area contributed by atoms with Gasteiger partial charge in [0.2, 0.25) is 15.9 Å². The van der Waals surface area contributed by atoms with E-state index in [0.717, 1.165) is 0 Å². The lowest BCUT2D eigenvalue weighted by molar-refractivity contribution is 0.416. The van der Waals surface area contributed by atoms with Crippen molar-refractivity contribution in [3.05, 3.63) is 36.0 Å². The molecule has 0 spiro atoms. The zero-order chi connectivity index (χ0) is 15.6. The minimum atomic E-state index is -3.73.